The molecule has 1 aliphatic carbocycles. The van der Waals surface area contributed by atoms with Crippen molar-refractivity contribution in [2.45, 2.75) is 52.5 Å². The fourth-order valence-corrected chi connectivity index (χ4v) is 3.09. The Balaban J connectivity index is 2.06. The zero-order valence-electron chi connectivity index (χ0n) is 11.7. The van der Waals surface area contributed by atoms with Gasteiger partial charge in [0.1, 0.15) is 0 Å². The Morgan fingerprint density at radius 3 is 2.59 bits per heavy atom. The van der Waals surface area contributed by atoms with Gasteiger partial charge >= 0.3 is 0 Å². The van der Waals surface area contributed by atoms with Crippen LogP contribution in [-0.2, 0) is 7.05 Å². The van der Waals surface area contributed by atoms with Crippen molar-refractivity contribution in [1.82, 2.24) is 15.1 Å². The van der Waals surface area contributed by atoms with Crippen LogP contribution in [0.25, 0.3) is 0 Å². The largest absolute Gasteiger partial charge is 0.314 e. The van der Waals surface area contributed by atoms with E-state index in [0.29, 0.717) is 12.0 Å². The average molecular weight is 235 g/mol. The Labute approximate surface area is 105 Å². The molecular formula is C14H25N3. The molecule has 3 nitrogen and oxygen atoms in total. The van der Waals surface area contributed by atoms with Gasteiger partial charge in [0.25, 0.3) is 0 Å². The van der Waals surface area contributed by atoms with E-state index >= 15 is 0 Å². The number of nitrogens with one attached hydrogen (secondary N) is 1. The predicted molar refractivity (Wildman–Crippen MR) is 71.3 cm³/mol. The lowest BCUT2D eigenvalue weighted by Gasteiger charge is -2.44. The summed E-state index contributed by atoms with van der Waals surface area (Å²) in [6.45, 7) is 10.1. The second-order valence-electron chi connectivity index (χ2n) is 5.47. The van der Waals surface area contributed by atoms with E-state index in [1.54, 1.807) is 0 Å². The minimum absolute atomic E-state index is 0.707. The van der Waals surface area contributed by atoms with Crippen molar-refractivity contribution in [1.29, 1.82) is 0 Å². The highest BCUT2D eigenvalue weighted by molar-refractivity contribution is 5.32. The van der Waals surface area contributed by atoms with Crippen molar-refractivity contribution in [3.8, 4) is 0 Å². The monoisotopic (exact) mass is 235 g/mol. The van der Waals surface area contributed by atoms with E-state index in [1.165, 1.54) is 29.8 Å². The summed E-state index contributed by atoms with van der Waals surface area (Å²) in [7, 11) is 2.04. The molecule has 1 aromatic heterocycles. The number of aromatic nitrogens is 2. The summed E-state index contributed by atoms with van der Waals surface area (Å²) in [4.78, 5) is 0. The normalized spacial score (nSPS) is 28.2. The molecule has 0 radical (unpaired) electrons. The molecule has 0 spiro atoms. The molecule has 1 N–H and O–H groups in total. The second kappa shape index (κ2) is 4.81. The van der Waals surface area contributed by atoms with Crippen LogP contribution in [0.1, 0.15) is 49.6 Å². The lowest BCUT2D eigenvalue weighted by molar-refractivity contribution is 0.183. The zero-order chi connectivity index (χ0) is 12.6. The molecule has 3 atom stereocenters. The van der Waals surface area contributed by atoms with Crippen LogP contribution in [0.5, 0.6) is 0 Å². The van der Waals surface area contributed by atoms with E-state index in [0.717, 1.165) is 12.5 Å². The Morgan fingerprint density at radius 2 is 2.12 bits per heavy atom. The summed E-state index contributed by atoms with van der Waals surface area (Å²) in [5.41, 5.74) is 4.05. The van der Waals surface area contributed by atoms with E-state index in [4.69, 9.17) is 0 Å². The minimum atomic E-state index is 0.707. The van der Waals surface area contributed by atoms with Gasteiger partial charge in [-0.15, -0.1) is 0 Å². The van der Waals surface area contributed by atoms with E-state index in [1.807, 2.05) is 11.7 Å². The second-order valence-corrected chi connectivity index (χ2v) is 5.47. The Hall–Kier alpha value is -0.830. The molecule has 1 aliphatic rings. The number of hydrogen-bond donors (Lipinski definition) is 1. The lowest BCUT2D eigenvalue weighted by atomic mass is 9.66. The molecule has 1 fully saturated rings. The summed E-state index contributed by atoms with van der Waals surface area (Å²) in [6.07, 6.45) is 2.49. The van der Waals surface area contributed by atoms with Crippen LogP contribution in [-0.4, -0.2) is 22.4 Å². The molecule has 17 heavy (non-hydrogen) atoms. The number of nitrogens with zero attached hydrogens (tertiary/aromatic N) is 2. The van der Waals surface area contributed by atoms with Crippen molar-refractivity contribution in [3.05, 3.63) is 17.0 Å². The summed E-state index contributed by atoms with van der Waals surface area (Å²) < 4.78 is 2.02. The zero-order valence-corrected chi connectivity index (χ0v) is 11.7. The highest BCUT2D eigenvalue weighted by atomic mass is 15.3. The first-order chi connectivity index (χ1) is 8.06. The minimum Gasteiger partial charge on any atom is -0.314 e. The molecular weight excluding hydrogens is 210 g/mol. The first-order valence-electron chi connectivity index (χ1n) is 6.79. The quantitative estimate of drug-likeness (QED) is 0.869. The van der Waals surface area contributed by atoms with Crippen LogP contribution in [0.4, 0.5) is 0 Å². The lowest BCUT2D eigenvalue weighted by Crippen LogP contribution is -2.48. The predicted octanol–water partition coefficient (Wildman–Crippen LogP) is 2.53. The van der Waals surface area contributed by atoms with Crippen molar-refractivity contribution in [3.63, 3.8) is 0 Å². The first kappa shape index (κ1) is 12.6. The summed E-state index contributed by atoms with van der Waals surface area (Å²) >= 11 is 0. The first-order valence-corrected chi connectivity index (χ1v) is 6.79. The molecule has 96 valence electrons. The van der Waals surface area contributed by atoms with Crippen LogP contribution < -0.4 is 5.32 Å². The molecule has 0 saturated heterocycles. The van der Waals surface area contributed by atoms with E-state index < -0.39 is 0 Å². The van der Waals surface area contributed by atoms with Crippen molar-refractivity contribution < 1.29 is 0 Å². The number of rotatable bonds is 4. The number of aryl methyl sites for hydroxylation is 2. The molecule has 3 heteroatoms. The van der Waals surface area contributed by atoms with Gasteiger partial charge in [0, 0.05) is 18.8 Å². The third kappa shape index (κ3) is 2.13. The third-order valence-electron chi connectivity index (χ3n) is 4.37. The molecule has 2 rings (SSSR count). The van der Waals surface area contributed by atoms with Gasteiger partial charge in [-0.25, -0.2) is 0 Å². The molecule has 1 heterocycles. The highest BCUT2D eigenvalue weighted by Crippen LogP contribution is 2.44. The van der Waals surface area contributed by atoms with Crippen LogP contribution >= 0.6 is 0 Å². The molecule has 1 aromatic rings. The SMILES string of the molecule is CCCNC1CC(c2c(C)nn(C)c2C)C1C. The molecule has 0 aliphatic heterocycles. The Morgan fingerprint density at radius 1 is 1.41 bits per heavy atom. The maximum absolute atomic E-state index is 4.53. The molecule has 0 bridgehead atoms. The molecule has 3 unspecified atom stereocenters. The third-order valence-corrected chi connectivity index (χ3v) is 4.37. The van der Waals surface area contributed by atoms with E-state index in [-0.39, 0.29) is 0 Å². The standard InChI is InChI=1S/C14H25N3/c1-6-7-15-13-8-12(9(13)2)14-10(3)16-17(5)11(14)4/h9,12-13,15H,6-8H2,1-5H3. The summed E-state index contributed by atoms with van der Waals surface area (Å²) in [6, 6.07) is 0.707. The van der Waals surface area contributed by atoms with Crippen molar-refractivity contribution >= 4 is 0 Å². The van der Waals surface area contributed by atoms with Crippen LogP contribution in [0, 0.1) is 19.8 Å². The van der Waals surface area contributed by atoms with Gasteiger partial charge in [-0.2, -0.15) is 5.10 Å². The number of hydrogen-bond acceptors (Lipinski definition) is 2. The fraction of sp³-hybridized carbons (Fsp3) is 0.786. The highest BCUT2D eigenvalue weighted by Gasteiger charge is 2.40. The van der Waals surface area contributed by atoms with Gasteiger partial charge in [-0.05, 0) is 50.6 Å². The fourth-order valence-electron chi connectivity index (χ4n) is 3.09. The Kier molecular flexibility index (Phi) is 3.57. The summed E-state index contributed by atoms with van der Waals surface area (Å²) in [5.74, 6) is 1.45. The van der Waals surface area contributed by atoms with Gasteiger partial charge in [-0.1, -0.05) is 13.8 Å². The van der Waals surface area contributed by atoms with Gasteiger partial charge < -0.3 is 5.32 Å². The average Bonchev–Trinajstić information content (AvgIpc) is 2.53. The maximum Gasteiger partial charge on any atom is 0.0631 e. The van der Waals surface area contributed by atoms with Gasteiger partial charge in [0.2, 0.25) is 0 Å². The van der Waals surface area contributed by atoms with Gasteiger partial charge in [0.05, 0.1) is 5.69 Å². The van der Waals surface area contributed by atoms with Crippen LogP contribution in [0.2, 0.25) is 0 Å². The van der Waals surface area contributed by atoms with E-state index in [9.17, 15) is 0 Å². The van der Waals surface area contributed by atoms with Gasteiger partial charge in [0.15, 0.2) is 0 Å². The van der Waals surface area contributed by atoms with Crippen LogP contribution in [0.3, 0.4) is 0 Å². The van der Waals surface area contributed by atoms with Crippen LogP contribution in [0.15, 0.2) is 0 Å². The smallest absolute Gasteiger partial charge is 0.0631 e. The van der Waals surface area contributed by atoms with Crippen molar-refractivity contribution in [2.24, 2.45) is 13.0 Å². The maximum atomic E-state index is 4.53. The van der Waals surface area contributed by atoms with Gasteiger partial charge in [-0.3, -0.25) is 4.68 Å². The van der Waals surface area contributed by atoms with Crippen molar-refractivity contribution in [2.75, 3.05) is 6.54 Å². The summed E-state index contributed by atoms with van der Waals surface area (Å²) in [5, 5.41) is 8.17. The molecule has 1 saturated carbocycles. The van der Waals surface area contributed by atoms with E-state index in [2.05, 4.69) is 38.1 Å². The topological polar surface area (TPSA) is 29.9 Å². The molecule has 0 aromatic carbocycles. The Bertz CT molecular complexity index is 394. The molecule has 0 amide bonds.